The van der Waals surface area contributed by atoms with Crippen LogP contribution in [-0.2, 0) is 19.1 Å². The van der Waals surface area contributed by atoms with Gasteiger partial charge >= 0.3 is 5.97 Å². The lowest BCUT2D eigenvalue weighted by Gasteiger charge is -2.40. The number of carbonyl (C=O) groups excluding carboxylic acids is 2. The van der Waals surface area contributed by atoms with Crippen LogP contribution in [0.3, 0.4) is 0 Å². The minimum absolute atomic E-state index is 0.320. The first-order chi connectivity index (χ1) is 12.3. The topological polar surface area (TPSA) is 125 Å². The number of amides is 1. The highest BCUT2D eigenvalue weighted by Crippen LogP contribution is 2.33. The van der Waals surface area contributed by atoms with E-state index in [1.165, 1.54) is 25.6 Å². The average molecular weight is 385 g/mol. The second-order valence-electron chi connectivity index (χ2n) is 6.00. The number of nitrogens with one attached hydrogen (secondary N) is 1. The Labute approximate surface area is 155 Å². The third-order valence-corrected chi connectivity index (χ3v) is 4.99. The predicted octanol–water partition coefficient (Wildman–Crippen LogP) is -0.346. The Balaban J connectivity index is 1.96. The van der Waals surface area contributed by atoms with Crippen LogP contribution in [0.4, 0.5) is 0 Å². The van der Waals surface area contributed by atoms with Crippen molar-refractivity contribution >= 4 is 23.6 Å². The molecule has 0 radical (unpaired) electrons. The highest BCUT2D eigenvalue weighted by atomic mass is 32.2. The maximum Gasteiger partial charge on any atom is 0.328 e. The number of carbonyl (C=O) groups is 2. The summed E-state index contributed by atoms with van der Waals surface area (Å²) in [7, 11) is 0. The molecule has 1 aliphatic heterocycles. The molecule has 1 fully saturated rings. The Morgan fingerprint density at radius 3 is 2.46 bits per heavy atom. The molecule has 0 aromatic heterocycles. The van der Waals surface area contributed by atoms with Crippen LogP contribution in [0.1, 0.15) is 13.8 Å². The maximum absolute atomic E-state index is 11.9. The molecule has 1 aromatic rings. The normalized spacial score (nSPS) is 29.7. The standard InChI is InChI=1S/C17H23NO7S/c1-9(18-10(2)19)16(23)24-8-12-13(20)14(21)15(22)17(25-12)26-11-6-4-3-5-7-11/h3-7,9,12-15,17,20-22H,8H2,1-2H3,(H,18,19)/t9-,12+,13-,14-,15+,17-/m0/s1. The van der Waals surface area contributed by atoms with Gasteiger partial charge in [0.15, 0.2) is 0 Å². The molecule has 0 saturated carbocycles. The van der Waals surface area contributed by atoms with Gasteiger partial charge < -0.3 is 30.1 Å². The van der Waals surface area contributed by atoms with Crippen molar-refractivity contribution in [3.05, 3.63) is 30.3 Å². The number of ether oxygens (including phenoxy) is 2. The Hall–Kier alpha value is -1.65. The molecule has 1 heterocycles. The average Bonchev–Trinajstić information content (AvgIpc) is 2.61. The van der Waals surface area contributed by atoms with Gasteiger partial charge in [-0.2, -0.15) is 0 Å². The van der Waals surface area contributed by atoms with E-state index in [1.54, 1.807) is 0 Å². The predicted molar refractivity (Wildman–Crippen MR) is 93.2 cm³/mol. The highest BCUT2D eigenvalue weighted by molar-refractivity contribution is 7.99. The zero-order chi connectivity index (χ0) is 19.3. The van der Waals surface area contributed by atoms with Gasteiger partial charge in [-0.05, 0) is 19.1 Å². The van der Waals surface area contributed by atoms with Crippen LogP contribution in [0.2, 0.25) is 0 Å². The van der Waals surface area contributed by atoms with E-state index < -0.39 is 41.9 Å². The van der Waals surface area contributed by atoms with Gasteiger partial charge in [0.1, 0.15) is 42.5 Å². The van der Waals surface area contributed by atoms with Crippen molar-refractivity contribution in [2.24, 2.45) is 0 Å². The molecule has 0 bridgehead atoms. The third-order valence-electron chi connectivity index (χ3n) is 3.83. The third kappa shape index (κ3) is 5.42. The van der Waals surface area contributed by atoms with E-state index in [1.807, 2.05) is 30.3 Å². The van der Waals surface area contributed by atoms with E-state index in [-0.39, 0.29) is 12.5 Å². The molecule has 0 aliphatic carbocycles. The van der Waals surface area contributed by atoms with Crippen LogP contribution in [0.15, 0.2) is 35.2 Å². The largest absolute Gasteiger partial charge is 0.461 e. The van der Waals surface area contributed by atoms with Crippen LogP contribution >= 0.6 is 11.8 Å². The second-order valence-corrected chi connectivity index (χ2v) is 7.17. The lowest BCUT2D eigenvalue weighted by atomic mass is 10.0. The number of benzene rings is 1. The van der Waals surface area contributed by atoms with E-state index >= 15 is 0 Å². The lowest BCUT2D eigenvalue weighted by molar-refractivity contribution is -0.210. The van der Waals surface area contributed by atoms with Crippen molar-refractivity contribution in [2.45, 2.75) is 54.6 Å². The number of aliphatic hydroxyl groups is 3. The SMILES string of the molecule is CC(=O)N[C@@H](C)C(=O)OC[C@H]1O[C@@H](Sc2ccccc2)[C@H](O)[C@@H](O)[C@H]1O. The molecule has 6 atom stereocenters. The molecule has 4 N–H and O–H groups in total. The van der Waals surface area contributed by atoms with E-state index in [2.05, 4.69) is 5.32 Å². The fourth-order valence-electron chi connectivity index (χ4n) is 2.44. The van der Waals surface area contributed by atoms with Crippen molar-refractivity contribution < 1.29 is 34.4 Å². The summed E-state index contributed by atoms with van der Waals surface area (Å²) in [5, 5.41) is 32.7. The fourth-order valence-corrected chi connectivity index (χ4v) is 3.52. The number of thioether (sulfide) groups is 1. The van der Waals surface area contributed by atoms with Crippen LogP contribution in [-0.4, -0.2) is 69.7 Å². The Kier molecular flexibility index (Phi) is 7.42. The summed E-state index contributed by atoms with van der Waals surface area (Å²) >= 11 is 1.19. The zero-order valence-corrected chi connectivity index (χ0v) is 15.3. The van der Waals surface area contributed by atoms with Crippen LogP contribution in [0.5, 0.6) is 0 Å². The van der Waals surface area contributed by atoms with E-state index in [0.29, 0.717) is 0 Å². The van der Waals surface area contributed by atoms with Crippen molar-refractivity contribution in [3.63, 3.8) is 0 Å². The van der Waals surface area contributed by atoms with Gasteiger partial charge in [0.25, 0.3) is 0 Å². The molecular weight excluding hydrogens is 362 g/mol. The summed E-state index contributed by atoms with van der Waals surface area (Å²) in [5.41, 5.74) is -0.840. The molecule has 0 spiro atoms. The molecule has 9 heteroatoms. The number of esters is 1. The smallest absolute Gasteiger partial charge is 0.328 e. The van der Waals surface area contributed by atoms with Gasteiger partial charge in [-0.1, -0.05) is 30.0 Å². The molecule has 1 amide bonds. The summed E-state index contributed by atoms with van der Waals surface area (Å²) in [5.74, 6) is -1.06. The monoisotopic (exact) mass is 385 g/mol. The lowest BCUT2D eigenvalue weighted by Crippen LogP contribution is -2.58. The summed E-state index contributed by atoms with van der Waals surface area (Å²) in [6.07, 6.45) is -5.17. The second kappa shape index (κ2) is 9.33. The van der Waals surface area contributed by atoms with E-state index in [4.69, 9.17) is 9.47 Å². The highest BCUT2D eigenvalue weighted by Gasteiger charge is 2.44. The van der Waals surface area contributed by atoms with Crippen LogP contribution < -0.4 is 5.32 Å². The van der Waals surface area contributed by atoms with Gasteiger partial charge in [-0.25, -0.2) is 4.79 Å². The molecule has 2 rings (SSSR count). The van der Waals surface area contributed by atoms with Crippen molar-refractivity contribution in [2.75, 3.05) is 6.61 Å². The van der Waals surface area contributed by atoms with E-state index in [9.17, 15) is 24.9 Å². The minimum atomic E-state index is -1.44. The number of hydrogen-bond acceptors (Lipinski definition) is 8. The van der Waals surface area contributed by atoms with Gasteiger partial charge in [-0.15, -0.1) is 0 Å². The summed E-state index contributed by atoms with van der Waals surface area (Å²) in [6.45, 7) is 2.43. The van der Waals surface area contributed by atoms with Crippen molar-refractivity contribution in [1.82, 2.24) is 5.32 Å². The van der Waals surface area contributed by atoms with Gasteiger partial charge in [0.2, 0.25) is 5.91 Å². The summed E-state index contributed by atoms with van der Waals surface area (Å²) in [4.78, 5) is 23.6. The fraction of sp³-hybridized carbons (Fsp3) is 0.529. The number of hydrogen-bond donors (Lipinski definition) is 4. The Morgan fingerprint density at radius 1 is 1.19 bits per heavy atom. The number of aliphatic hydroxyl groups excluding tert-OH is 3. The first-order valence-corrected chi connectivity index (χ1v) is 9.02. The molecule has 0 unspecified atom stereocenters. The molecule has 8 nitrogen and oxygen atoms in total. The molecule has 26 heavy (non-hydrogen) atoms. The molecule has 144 valence electrons. The van der Waals surface area contributed by atoms with Gasteiger partial charge in [0.05, 0.1) is 0 Å². The van der Waals surface area contributed by atoms with Crippen LogP contribution in [0.25, 0.3) is 0 Å². The summed E-state index contributed by atoms with van der Waals surface area (Å²) in [6, 6.07) is 8.29. The number of rotatable bonds is 6. The first kappa shape index (κ1) is 20.7. The van der Waals surface area contributed by atoms with Crippen molar-refractivity contribution in [3.8, 4) is 0 Å². The molecule has 1 aromatic carbocycles. The molecule has 1 aliphatic rings. The quantitative estimate of drug-likeness (QED) is 0.490. The Morgan fingerprint density at radius 2 is 1.85 bits per heavy atom. The molecule has 1 saturated heterocycles. The first-order valence-electron chi connectivity index (χ1n) is 8.14. The maximum atomic E-state index is 11.9. The van der Waals surface area contributed by atoms with Crippen LogP contribution in [0, 0.1) is 0 Å². The van der Waals surface area contributed by atoms with Crippen molar-refractivity contribution in [1.29, 1.82) is 0 Å². The van der Waals surface area contributed by atoms with E-state index in [0.717, 1.165) is 4.90 Å². The molecular formula is C17H23NO7S. The minimum Gasteiger partial charge on any atom is -0.461 e. The Bertz CT molecular complexity index is 614. The summed E-state index contributed by atoms with van der Waals surface area (Å²) < 4.78 is 10.7. The van der Waals surface area contributed by atoms with Gasteiger partial charge in [-0.3, -0.25) is 4.79 Å². The van der Waals surface area contributed by atoms with Gasteiger partial charge in [0, 0.05) is 11.8 Å². The zero-order valence-electron chi connectivity index (χ0n) is 14.4.